The van der Waals surface area contributed by atoms with Gasteiger partial charge in [-0.05, 0) is 91.9 Å². The van der Waals surface area contributed by atoms with Crippen LogP contribution in [0.25, 0.3) is 11.1 Å². The lowest BCUT2D eigenvalue weighted by Crippen LogP contribution is -2.26. The molecule has 39 heavy (non-hydrogen) atoms. The van der Waals surface area contributed by atoms with Crippen LogP contribution in [0.4, 0.5) is 0 Å². The van der Waals surface area contributed by atoms with Gasteiger partial charge in [-0.25, -0.2) is 0 Å². The summed E-state index contributed by atoms with van der Waals surface area (Å²) in [6.45, 7) is 6.80. The highest BCUT2D eigenvalue weighted by Gasteiger charge is 2.23. The normalized spacial score (nSPS) is 15.3. The summed E-state index contributed by atoms with van der Waals surface area (Å²) >= 11 is 0. The molecule has 0 spiro atoms. The SMILES string of the molecule is CCCN(C)CCO[C@H]1CCOc2ccc(OCCCCNC(=O)c3ccc4c(c3)Cc3ccccc3-4)cc21. The van der Waals surface area contributed by atoms with Crippen LogP contribution >= 0.6 is 0 Å². The minimum absolute atomic E-state index is 0.0173. The Labute approximate surface area is 232 Å². The molecule has 3 aromatic carbocycles. The van der Waals surface area contributed by atoms with Gasteiger partial charge in [0.2, 0.25) is 0 Å². The third-order valence-electron chi connectivity index (χ3n) is 7.54. The van der Waals surface area contributed by atoms with Crippen molar-refractivity contribution in [2.45, 2.75) is 45.1 Å². The molecule has 0 fully saturated rings. The van der Waals surface area contributed by atoms with Crippen LogP contribution < -0.4 is 14.8 Å². The third kappa shape index (κ3) is 6.81. The van der Waals surface area contributed by atoms with E-state index < -0.39 is 0 Å². The molecule has 3 aromatic rings. The minimum atomic E-state index is -0.0173. The smallest absolute Gasteiger partial charge is 0.251 e. The van der Waals surface area contributed by atoms with Gasteiger partial charge in [-0.3, -0.25) is 4.79 Å². The molecule has 1 N–H and O–H groups in total. The number of nitrogens with one attached hydrogen (secondary N) is 1. The molecule has 1 amide bonds. The Bertz CT molecular complexity index is 1270. The van der Waals surface area contributed by atoms with Crippen LogP contribution in [0.1, 0.15) is 65.8 Å². The number of likely N-dealkylation sites (N-methyl/N-ethyl adjacent to an activating group) is 1. The molecule has 0 unspecified atom stereocenters. The molecule has 1 aliphatic carbocycles. The molecule has 6 heteroatoms. The Morgan fingerprint density at radius 1 is 1.00 bits per heavy atom. The summed E-state index contributed by atoms with van der Waals surface area (Å²) in [5.41, 5.74) is 6.87. The van der Waals surface area contributed by atoms with Crippen molar-refractivity contribution in [2.24, 2.45) is 0 Å². The summed E-state index contributed by atoms with van der Waals surface area (Å²) in [5.74, 6) is 1.70. The van der Waals surface area contributed by atoms with Gasteiger partial charge in [-0.1, -0.05) is 37.3 Å². The van der Waals surface area contributed by atoms with Crippen molar-refractivity contribution in [2.75, 3.05) is 46.5 Å². The molecule has 0 aromatic heterocycles. The second-order valence-corrected chi connectivity index (χ2v) is 10.5. The first kappa shape index (κ1) is 27.2. The summed E-state index contributed by atoms with van der Waals surface area (Å²) in [7, 11) is 2.13. The Hall–Kier alpha value is -3.35. The number of carbonyl (C=O) groups is 1. The lowest BCUT2D eigenvalue weighted by atomic mass is 10.0. The van der Waals surface area contributed by atoms with Crippen molar-refractivity contribution in [3.63, 3.8) is 0 Å². The summed E-state index contributed by atoms with van der Waals surface area (Å²) in [6.07, 6.45) is 4.64. The molecule has 0 saturated carbocycles. The molecule has 1 atom stereocenters. The zero-order valence-corrected chi connectivity index (χ0v) is 23.2. The maximum absolute atomic E-state index is 12.7. The molecule has 1 aliphatic heterocycles. The lowest BCUT2D eigenvalue weighted by molar-refractivity contribution is 0.0150. The highest BCUT2D eigenvalue weighted by Crippen LogP contribution is 2.38. The van der Waals surface area contributed by atoms with E-state index in [0.717, 1.165) is 67.8 Å². The molecular formula is C33H40N2O4. The second-order valence-electron chi connectivity index (χ2n) is 10.5. The van der Waals surface area contributed by atoms with Crippen LogP contribution in [-0.2, 0) is 11.2 Å². The van der Waals surface area contributed by atoms with Crippen LogP contribution in [-0.4, -0.2) is 57.3 Å². The maximum atomic E-state index is 12.7. The number of unbranched alkanes of at least 4 members (excludes halogenated alkanes) is 1. The van der Waals surface area contributed by atoms with Crippen LogP contribution in [0.2, 0.25) is 0 Å². The van der Waals surface area contributed by atoms with Crippen LogP contribution in [0.3, 0.4) is 0 Å². The van der Waals surface area contributed by atoms with Gasteiger partial charge in [0.1, 0.15) is 11.5 Å². The first-order valence-corrected chi connectivity index (χ1v) is 14.3. The molecule has 2 aliphatic rings. The topological polar surface area (TPSA) is 60.0 Å². The maximum Gasteiger partial charge on any atom is 0.251 e. The highest BCUT2D eigenvalue weighted by atomic mass is 16.5. The second kappa shape index (κ2) is 13.1. The van der Waals surface area contributed by atoms with Crippen molar-refractivity contribution in [1.82, 2.24) is 10.2 Å². The number of nitrogens with zero attached hydrogens (tertiary/aromatic N) is 1. The van der Waals surface area contributed by atoms with Crippen molar-refractivity contribution in [1.29, 1.82) is 0 Å². The first-order chi connectivity index (χ1) is 19.1. The van der Waals surface area contributed by atoms with E-state index in [1.54, 1.807) is 0 Å². The molecule has 0 bridgehead atoms. The fourth-order valence-electron chi connectivity index (χ4n) is 5.46. The average Bonchev–Trinajstić information content (AvgIpc) is 3.33. The monoisotopic (exact) mass is 528 g/mol. The number of amides is 1. The van der Waals surface area contributed by atoms with Gasteiger partial charge in [0.05, 0.1) is 25.9 Å². The van der Waals surface area contributed by atoms with Crippen molar-refractivity contribution in [3.05, 3.63) is 82.9 Å². The predicted octanol–water partition coefficient (Wildman–Crippen LogP) is 6.03. The van der Waals surface area contributed by atoms with E-state index in [4.69, 9.17) is 14.2 Å². The zero-order chi connectivity index (χ0) is 27.0. The van der Waals surface area contributed by atoms with E-state index in [2.05, 4.69) is 60.6 Å². The molecule has 1 heterocycles. The largest absolute Gasteiger partial charge is 0.494 e. The van der Waals surface area contributed by atoms with Gasteiger partial charge >= 0.3 is 0 Å². The summed E-state index contributed by atoms with van der Waals surface area (Å²) in [5, 5.41) is 3.06. The number of ether oxygens (including phenoxy) is 3. The third-order valence-corrected chi connectivity index (χ3v) is 7.54. The van der Waals surface area contributed by atoms with E-state index in [0.29, 0.717) is 26.4 Å². The first-order valence-electron chi connectivity index (χ1n) is 14.3. The standard InChI is InChI=1S/C33H40N2O4/c1-3-16-35(2)17-20-39-32-14-19-38-31-13-11-27(23-30(31)32)37-18-7-6-15-34-33(36)25-10-12-29-26(22-25)21-24-8-4-5-9-28(24)29/h4-5,8-13,22-23,32H,3,6-7,14-21H2,1-2H3,(H,34,36)/t32-/m0/s1. The summed E-state index contributed by atoms with van der Waals surface area (Å²) in [4.78, 5) is 15.0. The molecular weight excluding hydrogens is 488 g/mol. The number of fused-ring (bicyclic) bond motifs is 4. The van der Waals surface area contributed by atoms with Gasteiger partial charge < -0.3 is 24.4 Å². The minimum Gasteiger partial charge on any atom is -0.494 e. The van der Waals surface area contributed by atoms with Crippen LogP contribution in [0, 0.1) is 0 Å². The number of rotatable bonds is 13. The average molecular weight is 529 g/mol. The van der Waals surface area contributed by atoms with Crippen LogP contribution in [0.5, 0.6) is 11.5 Å². The predicted molar refractivity (Wildman–Crippen MR) is 155 cm³/mol. The lowest BCUT2D eigenvalue weighted by Gasteiger charge is -2.27. The van der Waals surface area contributed by atoms with Crippen molar-refractivity contribution < 1.29 is 19.0 Å². The van der Waals surface area contributed by atoms with E-state index in [9.17, 15) is 4.79 Å². The molecule has 0 radical (unpaired) electrons. The number of hydrogen-bond acceptors (Lipinski definition) is 5. The quantitative estimate of drug-likeness (QED) is 0.215. The van der Waals surface area contributed by atoms with Gasteiger partial charge in [0.15, 0.2) is 0 Å². The van der Waals surface area contributed by atoms with Gasteiger partial charge in [0.25, 0.3) is 5.91 Å². The molecule has 5 rings (SSSR count). The summed E-state index contributed by atoms with van der Waals surface area (Å²) in [6, 6.07) is 20.5. The summed E-state index contributed by atoms with van der Waals surface area (Å²) < 4.78 is 18.1. The van der Waals surface area contributed by atoms with E-state index in [1.165, 1.54) is 22.3 Å². The number of hydrogen-bond donors (Lipinski definition) is 1. The highest BCUT2D eigenvalue weighted by molar-refractivity contribution is 5.95. The Kier molecular flexibility index (Phi) is 9.17. The van der Waals surface area contributed by atoms with E-state index in [1.807, 2.05) is 24.3 Å². The number of carbonyl (C=O) groups excluding carboxylic acids is 1. The molecule has 206 valence electrons. The fraction of sp³-hybridized carbons (Fsp3) is 0.424. The Balaban J connectivity index is 1.04. The fourth-order valence-corrected chi connectivity index (χ4v) is 5.46. The Morgan fingerprint density at radius 3 is 2.77 bits per heavy atom. The number of benzene rings is 3. The van der Waals surface area contributed by atoms with Gasteiger partial charge in [-0.2, -0.15) is 0 Å². The van der Waals surface area contributed by atoms with Crippen molar-refractivity contribution >= 4 is 5.91 Å². The zero-order valence-electron chi connectivity index (χ0n) is 23.2. The Morgan fingerprint density at radius 2 is 1.87 bits per heavy atom. The van der Waals surface area contributed by atoms with Crippen LogP contribution in [0.15, 0.2) is 60.7 Å². The molecule has 6 nitrogen and oxygen atoms in total. The van der Waals surface area contributed by atoms with E-state index >= 15 is 0 Å². The van der Waals surface area contributed by atoms with Crippen molar-refractivity contribution in [3.8, 4) is 22.6 Å². The molecule has 0 saturated heterocycles. The van der Waals surface area contributed by atoms with Gasteiger partial charge in [0, 0.05) is 30.6 Å². The van der Waals surface area contributed by atoms with Gasteiger partial charge in [-0.15, -0.1) is 0 Å². The van der Waals surface area contributed by atoms with E-state index in [-0.39, 0.29) is 12.0 Å².